The molecule has 4 heteroatoms. The fraction of sp³-hybridized carbons (Fsp3) is 0.586. The molecule has 10 fully saturated rings. The topological polar surface area (TPSA) is 3.24 Å². The number of fused-ring (bicyclic) bond motifs is 10. The zero-order valence-electron chi connectivity index (χ0n) is 20.1. The van der Waals surface area contributed by atoms with Crippen molar-refractivity contribution < 1.29 is 6.51 Å². The zero-order valence-corrected chi connectivity index (χ0v) is 23.0. The van der Waals surface area contributed by atoms with E-state index in [-0.39, 0.29) is 16.0 Å². The van der Waals surface area contributed by atoms with Crippen LogP contribution in [-0.4, -0.2) is 34.1 Å². The van der Waals surface area contributed by atoms with Gasteiger partial charge in [0.05, 0.1) is 0 Å². The number of hydrogen-bond donors (Lipinski definition) is 0. The van der Waals surface area contributed by atoms with E-state index in [0.29, 0.717) is 0 Å². The first kappa shape index (κ1) is 17.3. The summed E-state index contributed by atoms with van der Waals surface area (Å²) in [5.41, 5.74) is 0. The van der Waals surface area contributed by atoms with Crippen LogP contribution in [-0.2, 0) is 6.51 Å². The van der Waals surface area contributed by atoms with E-state index in [1.54, 1.807) is 10.6 Å². The summed E-state index contributed by atoms with van der Waals surface area (Å²) in [7, 11) is 2.40. The van der Waals surface area contributed by atoms with Crippen molar-refractivity contribution in [3.05, 3.63) is 60.7 Å². The summed E-state index contributed by atoms with van der Waals surface area (Å²) in [6.45, 7) is 4.13. The van der Waals surface area contributed by atoms with Crippen molar-refractivity contribution in [2.24, 2.45) is 0 Å². The maximum atomic E-state index is 3.03. The molecule has 2 aromatic carbocycles. The van der Waals surface area contributed by atoms with Gasteiger partial charge in [0.2, 0.25) is 0 Å². The van der Waals surface area contributed by atoms with Gasteiger partial charge in [0, 0.05) is 0 Å². The van der Waals surface area contributed by atoms with Crippen molar-refractivity contribution in [3.63, 3.8) is 0 Å². The minimum absolute atomic E-state index is 0.0402. The van der Waals surface area contributed by atoms with Gasteiger partial charge < -0.3 is 0 Å². The van der Waals surface area contributed by atoms with Crippen molar-refractivity contribution in [2.75, 3.05) is 19.4 Å². The van der Waals surface area contributed by atoms with Gasteiger partial charge in [0.25, 0.3) is 0 Å². The average molecular weight is 515 g/mol. The van der Waals surface area contributed by atoms with Gasteiger partial charge in [0.1, 0.15) is 0 Å². The third-order valence-corrected chi connectivity index (χ3v) is 72.5. The Kier molecular flexibility index (Phi) is 1.28. The van der Waals surface area contributed by atoms with E-state index in [2.05, 4.69) is 93.2 Å². The zero-order chi connectivity index (χ0) is 21.9. The number of hydrogen-bond acceptors (Lipinski definition) is 1. The van der Waals surface area contributed by atoms with Gasteiger partial charge in [-0.3, -0.25) is 0 Å². The Labute approximate surface area is 190 Å². The van der Waals surface area contributed by atoms with Gasteiger partial charge in [-0.05, 0) is 0 Å². The molecule has 1 spiro atoms. The Morgan fingerprint density at radius 3 is 1.67 bits per heavy atom. The van der Waals surface area contributed by atoms with Gasteiger partial charge in [-0.1, -0.05) is 0 Å². The SMILES string of the molecule is CCP(CC)N(C)[C@H](C)[C@@]12[CH]3[CH]4[CH]5[C]1(P(c1ccccc1)c1ccccc1)[Fe]45321678[CH]2[CH]1[CH]6[CH]7[CH]28. The van der Waals surface area contributed by atoms with Gasteiger partial charge >= 0.3 is 192 Å². The quantitative estimate of drug-likeness (QED) is 0.259. The Morgan fingerprint density at radius 1 is 0.788 bits per heavy atom. The van der Waals surface area contributed by atoms with Gasteiger partial charge in [-0.15, -0.1) is 0 Å². The molecule has 6 atom stereocenters. The Bertz CT molecular complexity index is 1630. The molecule has 1 nitrogen and oxygen atoms in total. The molecular formula is C29H35FeNP2. The summed E-state index contributed by atoms with van der Waals surface area (Å²) < 4.78 is 4.71. The van der Waals surface area contributed by atoms with Crippen molar-refractivity contribution in [1.82, 2.24) is 4.67 Å². The van der Waals surface area contributed by atoms with E-state index in [4.69, 9.17) is 0 Å². The molecule has 10 saturated heterocycles. The molecule has 10 aliphatic heterocycles. The summed E-state index contributed by atoms with van der Waals surface area (Å²) in [5, 5.41) is 3.49. The van der Waals surface area contributed by atoms with E-state index in [1.807, 2.05) is 0 Å². The average Bonchev–Trinajstić information content (AvgIpc) is 3.80. The molecule has 10 heterocycles. The van der Waals surface area contributed by atoms with Crippen LogP contribution >= 0.6 is 16.0 Å². The molecule has 0 bridgehead atoms. The van der Waals surface area contributed by atoms with Crippen LogP contribution in [0, 0.1) is 0 Å². The summed E-state index contributed by atoms with van der Waals surface area (Å²) in [4.78, 5) is 10.8. The molecule has 0 saturated carbocycles. The van der Waals surface area contributed by atoms with Gasteiger partial charge in [-0.25, -0.2) is 0 Å². The minimum atomic E-state index is -3.59. The molecule has 10 aliphatic rings. The fourth-order valence-electron chi connectivity index (χ4n) is 21.3. The molecular weight excluding hydrogens is 480 g/mol. The number of rotatable bonds is 8. The Balaban J connectivity index is 1.19. The molecule has 0 radical (unpaired) electrons. The van der Waals surface area contributed by atoms with Crippen molar-refractivity contribution in [2.45, 2.75) is 73.7 Å². The van der Waals surface area contributed by atoms with Gasteiger partial charge in [0.15, 0.2) is 0 Å². The molecule has 174 valence electrons. The second-order valence-corrected chi connectivity index (χ2v) is 44.1. The molecule has 0 aliphatic carbocycles. The summed E-state index contributed by atoms with van der Waals surface area (Å²) >= 11 is 0. The second-order valence-electron chi connectivity index (χ2n) is 15.2. The molecule has 4 unspecified atom stereocenters. The fourth-order valence-corrected chi connectivity index (χ4v) is 115. The van der Waals surface area contributed by atoms with E-state index in [9.17, 15) is 0 Å². The van der Waals surface area contributed by atoms with Crippen LogP contribution in [0.4, 0.5) is 0 Å². The van der Waals surface area contributed by atoms with E-state index < -0.39 is 6.51 Å². The van der Waals surface area contributed by atoms with E-state index >= 15 is 0 Å². The third kappa shape index (κ3) is 0.373. The van der Waals surface area contributed by atoms with E-state index in [0.717, 1.165) is 14.4 Å². The molecule has 0 amide bonds. The van der Waals surface area contributed by atoms with Crippen LogP contribution < -0.4 is 10.6 Å². The molecule has 0 aromatic heterocycles. The first-order valence-corrected chi connectivity index (χ1v) is 22.7. The van der Waals surface area contributed by atoms with Crippen molar-refractivity contribution in [1.29, 1.82) is 0 Å². The molecule has 12 rings (SSSR count). The molecule has 33 heavy (non-hydrogen) atoms. The van der Waals surface area contributed by atoms with Crippen LogP contribution in [0.3, 0.4) is 0 Å². The van der Waals surface area contributed by atoms with Crippen LogP contribution in [0.25, 0.3) is 0 Å². The monoisotopic (exact) mass is 515 g/mol. The normalized spacial score (nSPS) is 70.8. The van der Waals surface area contributed by atoms with Crippen LogP contribution in [0.2, 0.25) is 42.8 Å². The predicted molar refractivity (Wildman–Crippen MR) is 140 cm³/mol. The van der Waals surface area contributed by atoms with Crippen LogP contribution in [0.1, 0.15) is 20.8 Å². The molecule has 2 aromatic rings. The van der Waals surface area contributed by atoms with Crippen LogP contribution in [0.5, 0.6) is 0 Å². The summed E-state index contributed by atoms with van der Waals surface area (Å²) in [6.07, 6.45) is 2.77. The van der Waals surface area contributed by atoms with Crippen molar-refractivity contribution in [3.8, 4) is 0 Å². The van der Waals surface area contributed by atoms with Crippen LogP contribution in [0.15, 0.2) is 60.7 Å². The first-order valence-electron chi connectivity index (χ1n) is 13.5. The number of nitrogens with zero attached hydrogens (tertiary/aromatic N) is 1. The third-order valence-electron chi connectivity index (χ3n) is 19.6. The Morgan fingerprint density at radius 2 is 1.27 bits per heavy atom. The summed E-state index contributed by atoms with van der Waals surface area (Å²) in [6, 6.07) is 25.0. The standard InChI is InChI=1S/C24H30NP2.C5H5.Fe/c1-5-26(6-2)25(4)20(3)23-18-13-19-24(23)27(21-14-9-7-10-15-21)22-16-11-8-12-17-22;1-2-4-5-3-1;/h7-20H,5-6H2,1-4H3;1-5H;/t20-;;/m1../s1. The Hall–Kier alpha value is -0.221. The van der Waals surface area contributed by atoms with E-state index in [1.165, 1.54) is 50.9 Å². The number of benzene rings is 2. The first-order chi connectivity index (χ1) is 15.9. The summed E-state index contributed by atoms with van der Waals surface area (Å²) in [5.74, 6) is 0. The molecule has 0 N–H and O–H groups in total. The maximum absolute atomic E-state index is 3.59. The van der Waals surface area contributed by atoms with Crippen molar-refractivity contribution >= 4 is 26.6 Å². The van der Waals surface area contributed by atoms with Gasteiger partial charge in [-0.2, -0.15) is 0 Å². The predicted octanol–water partition coefficient (Wildman–Crippen LogP) is 7.54. The second kappa shape index (κ2) is 2.45.